The number of rotatable bonds is 1. The van der Waals surface area contributed by atoms with Crippen LogP contribution in [-0.2, 0) is 0 Å². The topological polar surface area (TPSA) is 37.9 Å². The maximum absolute atomic E-state index is 5.13. The van der Waals surface area contributed by atoms with Gasteiger partial charge in [0.05, 0.1) is 23.3 Å². The van der Waals surface area contributed by atoms with Gasteiger partial charge in [-0.05, 0) is 22.0 Å². The predicted molar refractivity (Wildman–Crippen MR) is 50.3 cm³/mol. The third-order valence-corrected chi connectivity index (χ3v) is 2.33. The first-order valence-corrected chi connectivity index (χ1v) is 4.27. The molecule has 4 heteroatoms. The summed E-state index contributed by atoms with van der Waals surface area (Å²) in [5.74, 6) is 0.812. The van der Waals surface area contributed by atoms with Gasteiger partial charge in [0.2, 0.25) is 0 Å². The lowest BCUT2D eigenvalue weighted by Crippen LogP contribution is -1.83. The van der Waals surface area contributed by atoms with Crippen molar-refractivity contribution in [1.82, 2.24) is 10.2 Å². The van der Waals surface area contributed by atoms with Gasteiger partial charge in [-0.2, -0.15) is 5.10 Å². The summed E-state index contributed by atoms with van der Waals surface area (Å²) in [7, 11) is 1.64. The average molecular weight is 227 g/mol. The van der Waals surface area contributed by atoms with E-state index >= 15 is 0 Å². The largest absolute Gasteiger partial charge is 0.495 e. The number of hydrogen-bond acceptors (Lipinski definition) is 2. The number of ether oxygens (including phenoxy) is 1. The van der Waals surface area contributed by atoms with Crippen LogP contribution in [0.2, 0.25) is 0 Å². The lowest BCUT2D eigenvalue weighted by molar-refractivity contribution is 0.412. The Bertz CT molecular complexity index is 410. The van der Waals surface area contributed by atoms with Crippen LogP contribution in [0.15, 0.2) is 22.8 Å². The van der Waals surface area contributed by atoms with Gasteiger partial charge in [-0.25, -0.2) is 0 Å². The number of methoxy groups -OCH3 is 1. The fourth-order valence-electron chi connectivity index (χ4n) is 1.10. The zero-order valence-corrected chi connectivity index (χ0v) is 8.05. The Balaban J connectivity index is 2.73. The molecule has 2 aromatic rings. The van der Waals surface area contributed by atoms with Crippen LogP contribution >= 0.6 is 15.9 Å². The monoisotopic (exact) mass is 226 g/mol. The zero-order valence-electron chi connectivity index (χ0n) is 6.47. The zero-order chi connectivity index (χ0) is 8.55. The number of aromatic nitrogens is 2. The number of nitrogens with one attached hydrogen (secondary N) is 1. The van der Waals surface area contributed by atoms with E-state index in [9.17, 15) is 0 Å². The Morgan fingerprint density at radius 2 is 2.33 bits per heavy atom. The fourth-order valence-corrected chi connectivity index (χ4v) is 1.62. The van der Waals surface area contributed by atoms with E-state index in [1.54, 1.807) is 13.3 Å². The molecule has 62 valence electrons. The summed E-state index contributed by atoms with van der Waals surface area (Å²) in [5.41, 5.74) is 0.982. The van der Waals surface area contributed by atoms with Crippen LogP contribution in [-0.4, -0.2) is 17.3 Å². The van der Waals surface area contributed by atoms with Crippen molar-refractivity contribution < 1.29 is 4.74 Å². The van der Waals surface area contributed by atoms with Gasteiger partial charge < -0.3 is 4.74 Å². The summed E-state index contributed by atoms with van der Waals surface area (Å²) in [4.78, 5) is 0. The van der Waals surface area contributed by atoms with Crippen molar-refractivity contribution >= 4 is 26.8 Å². The second-order valence-electron chi connectivity index (χ2n) is 2.44. The van der Waals surface area contributed by atoms with Gasteiger partial charge in [0.25, 0.3) is 0 Å². The van der Waals surface area contributed by atoms with Crippen LogP contribution < -0.4 is 4.74 Å². The summed E-state index contributed by atoms with van der Waals surface area (Å²) in [6.07, 6.45) is 1.78. The molecule has 0 atom stereocenters. The normalized spacial score (nSPS) is 10.5. The molecule has 12 heavy (non-hydrogen) atoms. The lowest BCUT2D eigenvalue weighted by Gasteiger charge is -2.01. The molecule has 0 aliphatic heterocycles. The first-order chi connectivity index (χ1) is 5.81. The highest BCUT2D eigenvalue weighted by atomic mass is 79.9. The summed E-state index contributed by atoms with van der Waals surface area (Å²) in [5, 5.41) is 7.86. The molecule has 1 aromatic heterocycles. The molecule has 0 saturated heterocycles. The van der Waals surface area contributed by atoms with Crippen molar-refractivity contribution in [3.8, 4) is 5.75 Å². The van der Waals surface area contributed by atoms with Gasteiger partial charge in [0.1, 0.15) is 5.75 Å². The fraction of sp³-hybridized carbons (Fsp3) is 0.125. The molecule has 0 aliphatic rings. The van der Waals surface area contributed by atoms with Crippen molar-refractivity contribution in [3.63, 3.8) is 0 Å². The standard InChI is InChI=1S/C8H7BrN2O/c1-12-8-3-7-5(2-6(8)9)4-10-11-7/h2-4H,1H3,(H,10,11). The number of fused-ring (bicyclic) bond motifs is 1. The Labute approximate surface area is 77.9 Å². The number of hydrogen-bond donors (Lipinski definition) is 1. The maximum atomic E-state index is 5.13. The molecule has 1 heterocycles. The molecule has 0 bridgehead atoms. The summed E-state index contributed by atoms with van der Waals surface area (Å²) in [6.45, 7) is 0. The molecule has 0 saturated carbocycles. The number of H-pyrrole nitrogens is 1. The molecular formula is C8H7BrN2O. The Morgan fingerprint density at radius 3 is 3.08 bits per heavy atom. The van der Waals surface area contributed by atoms with Gasteiger partial charge in [-0.15, -0.1) is 0 Å². The summed E-state index contributed by atoms with van der Waals surface area (Å²) >= 11 is 3.40. The van der Waals surface area contributed by atoms with Gasteiger partial charge in [0, 0.05) is 11.5 Å². The van der Waals surface area contributed by atoms with Crippen molar-refractivity contribution in [2.45, 2.75) is 0 Å². The Morgan fingerprint density at radius 1 is 1.50 bits per heavy atom. The van der Waals surface area contributed by atoms with Crippen LogP contribution in [0, 0.1) is 0 Å². The van der Waals surface area contributed by atoms with Gasteiger partial charge in [-0.1, -0.05) is 0 Å². The van der Waals surface area contributed by atoms with Crippen molar-refractivity contribution in [3.05, 3.63) is 22.8 Å². The van der Waals surface area contributed by atoms with Crippen molar-refractivity contribution in [2.75, 3.05) is 7.11 Å². The Hall–Kier alpha value is -1.03. The molecule has 0 fully saturated rings. The lowest BCUT2D eigenvalue weighted by atomic mass is 10.2. The smallest absolute Gasteiger partial charge is 0.135 e. The summed E-state index contributed by atoms with van der Waals surface area (Å²) in [6, 6.07) is 3.88. The second-order valence-corrected chi connectivity index (χ2v) is 3.30. The highest BCUT2D eigenvalue weighted by molar-refractivity contribution is 9.10. The minimum Gasteiger partial charge on any atom is -0.495 e. The van der Waals surface area contributed by atoms with E-state index in [-0.39, 0.29) is 0 Å². The molecule has 0 spiro atoms. The predicted octanol–water partition coefficient (Wildman–Crippen LogP) is 2.33. The van der Waals surface area contributed by atoms with Crippen molar-refractivity contribution in [1.29, 1.82) is 0 Å². The van der Waals surface area contributed by atoms with Gasteiger partial charge >= 0.3 is 0 Å². The molecule has 1 N–H and O–H groups in total. The Kier molecular flexibility index (Phi) is 1.77. The molecular weight excluding hydrogens is 220 g/mol. The minimum atomic E-state index is 0.812. The van der Waals surface area contributed by atoms with E-state index in [0.29, 0.717) is 0 Å². The average Bonchev–Trinajstić information content (AvgIpc) is 2.49. The highest BCUT2D eigenvalue weighted by Crippen LogP contribution is 2.28. The van der Waals surface area contributed by atoms with Crippen LogP contribution in [0.25, 0.3) is 10.9 Å². The SMILES string of the molecule is COc1cc2[nH]ncc2cc1Br. The third kappa shape index (κ3) is 1.08. The molecule has 2 rings (SSSR count). The van der Waals surface area contributed by atoms with E-state index < -0.39 is 0 Å². The first-order valence-electron chi connectivity index (χ1n) is 3.48. The number of halogens is 1. The van der Waals surface area contributed by atoms with Crippen LogP contribution in [0.5, 0.6) is 5.75 Å². The first kappa shape index (κ1) is 7.61. The number of benzene rings is 1. The van der Waals surface area contributed by atoms with Crippen LogP contribution in [0.1, 0.15) is 0 Å². The van der Waals surface area contributed by atoms with E-state index in [4.69, 9.17) is 4.74 Å². The number of aromatic amines is 1. The number of nitrogens with zero attached hydrogens (tertiary/aromatic N) is 1. The molecule has 3 nitrogen and oxygen atoms in total. The van der Waals surface area contributed by atoms with Crippen LogP contribution in [0.4, 0.5) is 0 Å². The van der Waals surface area contributed by atoms with Crippen molar-refractivity contribution in [2.24, 2.45) is 0 Å². The highest BCUT2D eigenvalue weighted by Gasteiger charge is 2.02. The maximum Gasteiger partial charge on any atom is 0.135 e. The molecule has 0 aliphatic carbocycles. The second kappa shape index (κ2) is 2.79. The van der Waals surface area contributed by atoms with Gasteiger partial charge in [0.15, 0.2) is 0 Å². The van der Waals surface area contributed by atoms with Crippen LogP contribution in [0.3, 0.4) is 0 Å². The van der Waals surface area contributed by atoms with E-state index in [1.165, 1.54) is 0 Å². The van der Waals surface area contributed by atoms with Gasteiger partial charge in [-0.3, -0.25) is 5.10 Å². The molecule has 1 aromatic carbocycles. The quantitative estimate of drug-likeness (QED) is 0.811. The molecule has 0 amide bonds. The van der Waals surface area contributed by atoms with E-state index in [2.05, 4.69) is 26.1 Å². The molecule has 0 radical (unpaired) electrons. The third-order valence-electron chi connectivity index (χ3n) is 1.71. The summed E-state index contributed by atoms with van der Waals surface area (Å²) < 4.78 is 6.07. The van der Waals surface area contributed by atoms with E-state index in [0.717, 1.165) is 21.1 Å². The van der Waals surface area contributed by atoms with E-state index in [1.807, 2.05) is 12.1 Å². The minimum absolute atomic E-state index is 0.812. The molecule has 0 unspecified atom stereocenters.